The van der Waals surface area contributed by atoms with Gasteiger partial charge in [0.05, 0.1) is 16.9 Å². The SMILES string of the molecule is COc1csc(-c2n[nH]c(-c3cccs3)n2)c1. The van der Waals surface area contributed by atoms with Crippen LogP contribution in [0, 0.1) is 0 Å². The van der Waals surface area contributed by atoms with Crippen molar-refractivity contribution >= 4 is 22.7 Å². The Morgan fingerprint density at radius 2 is 2.24 bits per heavy atom. The molecule has 3 aromatic heterocycles. The predicted octanol–water partition coefficient (Wildman–Crippen LogP) is 3.27. The Hall–Kier alpha value is -1.66. The molecule has 3 heterocycles. The molecule has 0 atom stereocenters. The summed E-state index contributed by atoms with van der Waals surface area (Å²) in [5, 5.41) is 11.1. The van der Waals surface area contributed by atoms with Gasteiger partial charge in [-0.05, 0) is 11.4 Å². The van der Waals surface area contributed by atoms with Gasteiger partial charge < -0.3 is 4.74 Å². The highest BCUT2D eigenvalue weighted by molar-refractivity contribution is 7.14. The van der Waals surface area contributed by atoms with Crippen LogP contribution in [-0.2, 0) is 0 Å². The van der Waals surface area contributed by atoms with Gasteiger partial charge in [-0.1, -0.05) is 6.07 Å². The van der Waals surface area contributed by atoms with Crippen LogP contribution in [0.1, 0.15) is 0 Å². The summed E-state index contributed by atoms with van der Waals surface area (Å²) in [4.78, 5) is 6.56. The van der Waals surface area contributed by atoms with Gasteiger partial charge in [0.15, 0.2) is 11.6 Å². The minimum atomic E-state index is 0.710. The molecule has 0 aliphatic heterocycles. The van der Waals surface area contributed by atoms with Crippen LogP contribution in [0.3, 0.4) is 0 Å². The smallest absolute Gasteiger partial charge is 0.191 e. The van der Waals surface area contributed by atoms with Gasteiger partial charge in [-0.3, -0.25) is 5.10 Å². The number of H-pyrrole nitrogens is 1. The van der Waals surface area contributed by atoms with Crippen LogP contribution in [-0.4, -0.2) is 22.3 Å². The van der Waals surface area contributed by atoms with Gasteiger partial charge in [-0.2, -0.15) is 5.10 Å². The molecule has 6 heteroatoms. The lowest BCUT2D eigenvalue weighted by Crippen LogP contribution is -1.77. The minimum absolute atomic E-state index is 0.710. The van der Waals surface area contributed by atoms with Gasteiger partial charge in [-0.15, -0.1) is 22.7 Å². The van der Waals surface area contributed by atoms with Gasteiger partial charge in [0.25, 0.3) is 0 Å². The van der Waals surface area contributed by atoms with E-state index in [1.54, 1.807) is 29.8 Å². The number of nitrogens with zero attached hydrogens (tertiary/aromatic N) is 2. The molecule has 0 saturated heterocycles. The second-order valence-corrected chi connectivity index (χ2v) is 5.19. The van der Waals surface area contributed by atoms with E-state index in [-0.39, 0.29) is 0 Å². The lowest BCUT2D eigenvalue weighted by molar-refractivity contribution is 0.417. The zero-order valence-corrected chi connectivity index (χ0v) is 10.6. The molecule has 0 aliphatic carbocycles. The normalized spacial score (nSPS) is 10.6. The molecule has 0 aromatic carbocycles. The molecule has 0 radical (unpaired) electrons. The Balaban J connectivity index is 1.94. The highest BCUT2D eigenvalue weighted by Crippen LogP contribution is 2.30. The third-order valence-corrected chi connectivity index (χ3v) is 4.05. The van der Waals surface area contributed by atoms with Crippen molar-refractivity contribution in [2.75, 3.05) is 7.11 Å². The van der Waals surface area contributed by atoms with Crippen molar-refractivity contribution in [3.05, 3.63) is 29.0 Å². The Morgan fingerprint density at radius 3 is 2.94 bits per heavy atom. The molecule has 3 rings (SSSR count). The number of hydrogen-bond acceptors (Lipinski definition) is 5. The second-order valence-electron chi connectivity index (χ2n) is 3.34. The molecule has 1 N–H and O–H groups in total. The highest BCUT2D eigenvalue weighted by atomic mass is 32.1. The number of aromatic amines is 1. The van der Waals surface area contributed by atoms with Crippen LogP contribution in [0.2, 0.25) is 0 Å². The summed E-state index contributed by atoms with van der Waals surface area (Å²) >= 11 is 3.21. The summed E-state index contributed by atoms with van der Waals surface area (Å²) in [6.45, 7) is 0. The summed E-state index contributed by atoms with van der Waals surface area (Å²) in [6, 6.07) is 5.95. The van der Waals surface area contributed by atoms with Crippen molar-refractivity contribution < 1.29 is 4.74 Å². The van der Waals surface area contributed by atoms with Crippen molar-refractivity contribution in [2.24, 2.45) is 0 Å². The Bertz CT molecular complexity index is 612. The molecule has 86 valence electrons. The topological polar surface area (TPSA) is 50.8 Å². The fourth-order valence-corrected chi connectivity index (χ4v) is 2.89. The standard InChI is InChI=1S/C11H9N3OS2/c1-15-7-5-9(17-6-7)11-12-10(13-14-11)8-3-2-4-16-8/h2-6H,1H3,(H,12,13,14). The maximum atomic E-state index is 5.14. The summed E-state index contributed by atoms with van der Waals surface area (Å²) in [5.41, 5.74) is 0. The van der Waals surface area contributed by atoms with E-state index in [4.69, 9.17) is 4.74 Å². The van der Waals surface area contributed by atoms with Gasteiger partial charge in [0, 0.05) is 11.4 Å². The first kappa shape index (κ1) is 10.5. The third-order valence-electron chi connectivity index (χ3n) is 2.27. The second kappa shape index (κ2) is 4.31. The van der Waals surface area contributed by atoms with Crippen LogP contribution in [0.15, 0.2) is 29.0 Å². The van der Waals surface area contributed by atoms with Crippen molar-refractivity contribution in [3.8, 4) is 27.2 Å². The zero-order chi connectivity index (χ0) is 11.7. The van der Waals surface area contributed by atoms with Crippen molar-refractivity contribution in [3.63, 3.8) is 0 Å². The lowest BCUT2D eigenvalue weighted by Gasteiger charge is -1.89. The summed E-state index contributed by atoms with van der Waals surface area (Å²) in [7, 11) is 1.65. The van der Waals surface area contributed by atoms with E-state index in [1.807, 2.05) is 29.0 Å². The van der Waals surface area contributed by atoms with Crippen molar-refractivity contribution in [1.29, 1.82) is 0 Å². The van der Waals surface area contributed by atoms with Gasteiger partial charge in [0.2, 0.25) is 0 Å². The van der Waals surface area contributed by atoms with Gasteiger partial charge in [0.1, 0.15) is 5.75 Å². The van der Waals surface area contributed by atoms with Gasteiger partial charge in [-0.25, -0.2) is 4.98 Å². The fourth-order valence-electron chi connectivity index (χ4n) is 1.44. The number of nitrogens with one attached hydrogen (secondary N) is 1. The average molecular weight is 263 g/mol. The maximum absolute atomic E-state index is 5.14. The maximum Gasteiger partial charge on any atom is 0.191 e. The number of methoxy groups -OCH3 is 1. The molecule has 0 amide bonds. The Kier molecular flexibility index (Phi) is 2.66. The first-order valence-electron chi connectivity index (χ1n) is 4.96. The van der Waals surface area contributed by atoms with E-state index in [9.17, 15) is 0 Å². The van der Waals surface area contributed by atoms with Gasteiger partial charge >= 0.3 is 0 Å². The third kappa shape index (κ3) is 1.96. The molecule has 0 saturated carbocycles. The van der Waals surface area contributed by atoms with Crippen molar-refractivity contribution in [2.45, 2.75) is 0 Å². The molecule has 0 fully saturated rings. The molecule has 0 aliphatic rings. The van der Waals surface area contributed by atoms with E-state index in [0.717, 1.165) is 21.3 Å². The number of thiophene rings is 2. The predicted molar refractivity (Wildman–Crippen MR) is 69.6 cm³/mol. The molecule has 0 unspecified atom stereocenters. The van der Waals surface area contributed by atoms with Crippen molar-refractivity contribution in [1.82, 2.24) is 15.2 Å². The molecule has 0 spiro atoms. The first-order chi connectivity index (χ1) is 8.36. The lowest BCUT2D eigenvalue weighted by atomic mass is 10.4. The average Bonchev–Trinajstić information content (AvgIpc) is 3.09. The van der Waals surface area contributed by atoms with E-state index < -0.39 is 0 Å². The first-order valence-corrected chi connectivity index (χ1v) is 6.72. The quantitative estimate of drug-likeness (QED) is 0.789. The van der Waals surface area contributed by atoms with Crippen LogP contribution in [0.5, 0.6) is 5.75 Å². The molecule has 3 aromatic rings. The van der Waals surface area contributed by atoms with Crippen LogP contribution in [0.4, 0.5) is 0 Å². The molecular weight excluding hydrogens is 254 g/mol. The van der Waals surface area contributed by atoms with Crippen LogP contribution < -0.4 is 4.74 Å². The van der Waals surface area contributed by atoms with E-state index in [1.165, 1.54) is 0 Å². The zero-order valence-electron chi connectivity index (χ0n) is 9.01. The number of aromatic nitrogens is 3. The summed E-state index contributed by atoms with van der Waals surface area (Å²) in [5.74, 6) is 2.36. The minimum Gasteiger partial charge on any atom is -0.496 e. The van der Waals surface area contributed by atoms with E-state index in [2.05, 4.69) is 15.2 Å². The van der Waals surface area contributed by atoms with E-state index in [0.29, 0.717) is 5.82 Å². The van der Waals surface area contributed by atoms with Crippen LogP contribution in [0.25, 0.3) is 21.4 Å². The van der Waals surface area contributed by atoms with E-state index >= 15 is 0 Å². The highest BCUT2D eigenvalue weighted by Gasteiger charge is 2.10. The van der Waals surface area contributed by atoms with Crippen LogP contribution >= 0.6 is 22.7 Å². The fraction of sp³-hybridized carbons (Fsp3) is 0.0909. The summed E-state index contributed by atoms with van der Waals surface area (Å²) in [6.07, 6.45) is 0. The number of hydrogen-bond donors (Lipinski definition) is 1. The summed E-state index contributed by atoms with van der Waals surface area (Å²) < 4.78 is 5.14. The number of rotatable bonds is 3. The molecule has 4 nitrogen and oxygen atoms in total. The Labute approximate surface area is 106 Å². The molecule has 17 heavy (non-hydrogen) atoms. The monoisotopic (exact) mass is 263 g/mol. The Morgan fingerprint density at radius 1 is 1.29 bits per heavy atom. The number of ether oxygens (including phenoxy) is 1. The largest absolute Gasteiger partial charge is 0.496 e. The molecule has 0 bridgehead atoms. The molecular formula is C11H9N3OS2.